The zero-order valence-electron chi connectivity index (χ0n) is 17.2. The topological polar surface area (TPSA) is 65.5 Å². The highest BCUT2D eigenvalue weighted by atomic mass is 127. The van der Waals surface area contributed by atoms with Gasteiger partial charge in [0.15, 0.2) is 5.96 Å². The summed E-state index contributed by atoms with van der Waals surface area (Å²) in [4.78, 5) is 16.6. The lowest BCUT2D eigenvalue weighted by molar-refractivity contribution is 0.0919. The van der Waals surface area contributed by atoms with Crippen LogP contribution in [-0.4, -0.2) is 24.5 Å². The van der Waals surface area contributed by atoms with Crippen molar-refractivity contribution in [2.24, 2.45) is 4.99 Å². The van der Waals surface area contributed by atoms with Crippen LogP contribution in [0.2, 0.25) is 0 Å². The summed E-state index contributed by atoms with van der Waals surface area (Å²) in [5, 5.41) is 9.68. The van der Waals surface area contributed by atoms with E-state index >= 15 is 0 Å². The van der Waals surface area contributed by atoms with Crippen LogP contribution in [-0.2, 0) is 6.54 Å². The number of amides is 1. The van der Waals surface area contributed by atoms with Crippen molar-refractivity contribution < 1.29 is 4.79 Å². The first kappa shape index (κ1) is 23.9. The summed E-state index contributed by atoms with van der Waals surface area (Å²) in [6.45, 7) is 8.59. The zero-order valence-corrected chi connectivity index (χ0v) is 19.6. The maximum Gasteiger partial charge on any atom is 0.251 e. The molecule has 0 spiro atoms. The average Bonchev–Trinajstić information content (AvgIpc) is 2.64. The SMILES string of the molecule is CN=C(NCc1cccc(C(=O)NC(C)(C)C)c1)NC(C)c1ccccc1.I. The standard InChI is InChI=1S/C22H30N4O.HI/c1-16(18-11-7-6-8-12-18)25-21(23-5)24-15-17-10-9-13-19(14-17)20(27)26-22(2,3)4;/h6-14,16H,15H2,1-5H3,(H,26,27)(H2,23,24,25);1H. The van der Waals surface area contributed by atoms with Crippen molar-refractivity contribution >= 4 is 35.8 Å². The lowest BCUT2D eigenvalue weighted by Crippen LogP contribution is -2.40. The van der Waals surface area contributed by atoms with Crippen molar-refractivity contribution in [2.75, 3.05) is 7.05 Å². The van der Waals surface area contributed by atoms with Crippen molar-refractivity contribution in [2.45, 2.75) is 45.8 Å². The summed E-state index contributed by atoms with van der Waals surface area (Å²) >= 11 is 0. The van der Waals surface area contributed by atoms with Gasteiger partial charge in [0.2, 0.25) is 0 Å². The molecule has 0 heterocycles. The number of guanidine groups is 1. The number of benzene rings is 2. The van der Waals surface area contributed by atoms with Gasteiger partial charge in [-0.25, -0.2) is 0 Å². The Hall–Kier alpha value is -2.09. The number of rotatable bonds is 5. The molecule has 3 N–H and O–H groups in total. The number of nitrogens with zero attached hydrogens (tertiary/aromatic N) is 1. The first-order valence-electron chi connectivity index (χ1n) is 9.22. The van der Waals surface area contributed by atoms with Crippen LogP contribution in [0.1, 0.15) is 55.2 Å². The van der Waals surface area contributed by atoms with E-state index in [9.17, 15) is 4.79 Å². The minimum absolute atomic E-state index is 0. The van der Waals surface area contributed by atoms with Crippen LogP contribution >= 0.6 is 24.0 Å². The first-order valence-corrected chi connectivity index (χ1v) is 9.22. The lowest BCUT2D eigenvalue weighted by atomic mass is 10.1. The van der Waals surface area contributed by atoms with E-state index in [-0.39, 0.29) is 41.5 Å². The van der Waals surface area contributed by atoms with Gasteiger partial charge in [-0.15, -0.1) is 24.0 Å². The van der Waals surface area contributed by atoms with Crippen LogP contribution in [0.25, 0.3) is 0 Å². The minimum atomic E-state index is -0.259. The smallest absolute Gasteiger partial charge is 0.251 e. The summed E-state index contributed by atoms with van der Waals surface area (Å²) in [5.74, 6) is 0.653. The largest absolute Gasteiger partial charge is 0.352 e. The van der Waals surface area contributed by atoms with Crippen molar-refractivity contribution in [1.82, 2.24) is 16.0 Å². The summed E-state index contributed by atoms with van der Waals surface area (Å²) in [6, 6.07) is 18.0. The van der Waals surface area contributed by atoms with Gasteiger partial charge in [-0.1, -0.05) is 42.5 Å². The zero-order chi connectivity index (χ0) is 19.9. The van der Waals surface area contributed by atoms with Crippen molar-refractivity contribution in [1.29, 1.82) is 0 Å². The lowest BCUT2D eigenvalue weighted by Gasteiger charge is -2.21. The average molecular weight is 494 g/mol. The Labute approximate surface area is 185 Å². The van der Waals surface area contributed by atoms with Crippen molar-refractivity contribution in [3.05, 3.63) is 71.3 Å². The summed E-state index contributed by atoms with van der Waals surface area (Å²) in [5.41, 5.74) is 2.61. The molecule has 0 aliphatic carbocycles. The minimum Gasteiger partial charge on any atom is -0.352 e. The van der Waals surface area contributed by atoms with Crippen molar-refractivity contribution in [3.63, 3.8) is 0 Å². The maximum atomic E-state index is 12.3. The highest BCUT2D eigenvalue weighted by Crippen LogP contribution is 2.11. The Balaban J connectivity index is 0.00000392. The number of hydrogen-bond acceptors (Lipinski definition) is 2. The molecular weight excluding hydrogens is 463 g/mol. The van der Waals surface area contributed by atoms with Gasteiger partial charge in [0.1, 0.15) is 0 Å². The van der Waals surface area contributed by atoms with Gasteiger partial charge in [-0.05, 0) is 51.0 Å². The molecule has 0 bridgehead atoms. The number of aliphatic imine (C=N–C) groups is 1. The van der Waals surface area contributed by atoms with Gasteiger partial charge in [-0.2, -0.15) is 0 Å². The van der Waals surface area contributed by atoms with E-state index < -0.39 is 0 Å². The van der Waals surface area contributed by atoms with Crippen LogP contribution < -0.4 is 16.0 Å². The van der Waals surface area contributed by atoms with Gasteiger partial charge < -0.3 is 16.0 Å². The molecule has 5 nitrogen and oxygen atoms in total. The third-order valence-electron chi connectivity index (χ3n) is 4.01. The Kier molecular flexibility index (Phi) is 9.45. The van der Waals surface area contributed by atoms with E-state index in [2.05, 4.69) is 40.0 Å². The normalized spacial score (nSPS) is 12.5. The number of carbonyl (C=O) groups is 1. The molecule has 1 atom stereocenters. The van der Waals surface area contributed by atoms with E-state index in [1.165, 1.54) is 5.56 Å². The fraction of sp³-hybridized carbons (Fsp3) is 0.364. The molecule has 2 aromatic rings. The Morgan fingerprint density at radius 1 is 1.07 bits per heavy atom. The molecule has 0 saturated carbocycles. The maximum absolute atomic E-state index is 12.3. The highest BCUT2D eigenvalue weighted by molar-refractivity contribution is 14.0. The van der Waals surface area contributed by atoms with Gasteiger partial charge in [0.25, 0.3) is 5.91 Å². The van der Waals surface area contributed by atoms with Crippen LogP contribution in [0, 0.1) is 0 Å². The quantitative estimate of drug-likeness (QED) is 0.331. The molecule has 1 unspecified atom stereocenters. The second kappa shape index (κ2) is 11.0. The Morgan fingerprint density at radius 2 is 1.75 bits per heavy atom. The predicted molar refractivity (Wildman–Crippen MR) is 127 cm³/mol. The molecule has 0 aromatic heterocycles. The van der Waals surface area contributed by atoms with E-state index in [1.54, 1.807) is 7.05 Å². The third kappa shape index (κ3) is 7.88. The molecule has 2 rings (SSSR count). The van der Waals surface area contributed by atoms with Crippen LogP contribution in [0.15, 0.2) is 59.6 Å². The van der Waals surface area contributed by atoms with Gasteiger partial charge in [0, 0.05) is 24.7 Å². The molecule has 0 radical (unpaired) electrons. The molecule has 6 heteroatoms. The van der Waals surface area contributed by atoms with E-state index in [4.69, 9.17) is 0 Å². The number of hydrogen-bond donors (Lipinski definition) is 3. The summed E-state index contributed by atoms with van der Waals surface area (Å²) < 4.78 is 0. The van der Waals surface area contributed by atoms with Gasteiger partial charge in [-0.3, -0.25) is 9.79 Å². The van der Waals surface area contributed by atoms with Crippen LogP contribution in [0.4, 0.5) is 0 Å². The fourth-order valence-corrected chi connectivity index (χ4v) is 2.65. The Bertz CT molecular complexity index is 785. The first-order chi connectivity index (χ1) is 12.8. The van der Waals surface area contributed by atoms with E-state index in [0.717, 1.165) is 11.5 Å². The fourth-order valence-electron chi connectivity index (χ4n) is 2.65. The number of carbonyl (C=O) groups excluding carboxylic acids is 1. The second-order valence-electron chi connectivity index (χ2n) is 7.61. The molecule has 0 aliphatic rings. The highest BCUT2D eigenvalue weighted by Gasteiger charge is 2.15. The molecule has 0 fully saturated rings. The van der Waals surface area contributed by atoms with Gasteiger partial charge >= 0.3 is 0 Å². The molecule has 28 heavy (non-hydrogen) atoms. The molecular formula is C22H31IN4O. The third-order valence-corrected chi connectivity index (χ3v) is 4.01. The number of halogens is 1. The van der Waals surface area contributed by atoms with E-state index in [0.29, 0.717) is 12.1 Å². The molecule has 0 aliphatic heterocycles. The summed E-state index contributed by atoms with van der Waals surface area (Å²) in [7, 11) is 1.75. The van der Waals surface area contributed by atoms with Crippen LogP contribution in [0.3, 0.4) is 0 Å². The number of nitrogens with one attached hydrogen (secondary N) is 3. The Morgan fingerprint density at radius 3 is 2.36 bits per heavy atom. The van der Waals surface area contributed by atoms with Gasteiger partial charge in [0.05, 0.1) is 6.04 Å². The molecule has 0 saturated heterocycles. The molecule has 1 amide bonds. The van der Waals surface area contributed by atoms with Crippen LogP contribution in [0.5, 0.6) is 0 Å². The monoisotopic (exact) mass is 494 g/mol. The van der Waals surface area contributed by atoms with Crippen molar-refractivity contribution in [3.8, 4) is 0 Å². The molecule has 2 aromatic carbocycles. The predicted octanol–water partition coefficient (Wildman–Crippen LogP) is 4.26. The second-order valence-corrected chi connectivity index (χ2v) is 7.61. The molecule has 152 valence electrons. The van der Waals surface area contributed by atoms with E-state index in [1.807, 2.05) is 63.2 Å². The summed E-state index contributed by atoms with van der Waals surface area (Å²) in [6.07, 6.45) is 0.